The van der Waals surface area contributed by atoms with Crippen molar-refractivity contribution in [2.24, 2.45) is 5.92 Å². The number of nitrogens with zero attached hydrogens (tertiary/aromatic N) is 2. The van der Waals surface area contributed by atoms with Crippen LogP contribution in [0, 0.1) is 5.92 Å². The summed E-state index contributed by atoms with van der Waals surface area (Å²) in [4.78, 5) is 40.0. The Hall–Kier alpha value is -2.92. The number of carbonyl (C=O) groups is 2. The average Bonchev–Trinajstić information content (AvgIpc) is 3.34. The van der Waals surface area contributed by atoms with E-state index in [1.807, 2.05) is 0 Å². The number of nitrogens with one attached hydrogen (secondary N) is 4. The van der Waals surface area contributed by atoms with Gasteiger partial charge >= 0.3 is 0 Å². The molecule has 0 unspecified atom stereocenters. The number of thioether (sulfide) groups is 1. The highest BCUT2D eigenvalue weighted by molar-refractivity contribution is 7.99. The number of H-pyrrole nitrogens is 1. The lowest BCUT2D eigenvalue weighted by Gasteiger charge is -2.29. The van der Waals surface area contributed by atoms with Crippen molar-refractivity contribution in [3.63, 3.8) is 0 Å². The maximum Gasteiger partial charge on any atom is 0.277 e. The molecule has 0 aromatic carbocycles. The van der Waals surface area contributed by atoms with Gasteiger partial charge in [-0.3, -0.25) is 18.8 Å². The highest BCUT2D eigenvalue weighted by Crippen LogP contribution is 2.28. The average molecular weight is 567 g/mol. The Balaban J connectivity index is 1.77. The van der Waals surface area contributed by atoms with Gasteiger partial charge in [0, 0.05) is 18.0 Å². The van der Waals surface area contributed by atoms with Crippen molar-refractivity contribution in [2.45, 2.75) is 54.5 Å². The maximum atomic E-state index is 13.2. The molecule has 0 spiro atoms. The highest BCUT2D eigenvalue weighted by Gasteiger charge is 2.33. The van der Waals surface area contributed by atoms with E-state index < -0.39 is 57.8 Å². The zero-order valence-corrected chi connectivity index (χ0v) is 21.0. The number of hydrogen-bond donors (Lipinski definition) is 4. The van der Waals surface area contributed by atoms with E-state index in [0.717, 1.165) is 43.3 Å². The molecule has 4 N–H and O–H groups in total. The van der Waals surface area contributed by atoms with Gasteiger partial charge in [-0.1, -0.05) is 31.0 Å². The van der Waals surface area contributed by atoms with Gasteiger partial charge in [-0.25, -0.2) is 26.5 Å². The Kier molecular flexibility index (Phi) is 10.1. The van der Waals surface area contributed by atoms with Crippen molar-refractivity contribution in [3.8, 4) is 0 Å². The van der Waals surface area contributed by atoms with Crippen molar-refractivity contribution in [2.75, 3.05) is 24.3 Å². The van der Waals surface area contributed by atoms with Crippen LogP contribution in [-0.2, 0) is 14.8 Å². The summed E-state index contributed by atoms with van der Waals surface area (Å²) in [5.41, 5.74) is -1.25. The summed E-state index contributed by atoms with van der Waals surface area (Å²) in [6.07, 6.45) is 1.75. The monoisotopic (exact) mass is 566 g/mol. The number of hydrogen-bond acceptors (Lipinski definition) is 9. The van der Waals surface area contributed by atoms with Gasteiger partial charge < -0.3 is 15.6 Å². The molecule has 0 aliphatic heterocycles. The fourth-order valence-corrected chi connectivity index (χ4v) is 5.49. The minimum atomic E-state index is -4.51. The molecule has 17 heteroatoms. The Morgan fingerprint density at radius 3 is 2.59 bits per heavy atom. The van der Waals surface area contributed by atoms with Gasteiger partial charge in [-0.2, -0.15) is 0 Å². The number of aromatic amines is 1. The number of anilines is 1. The van der Waals surface area contributed by atoms with E-state index >= 15 is 0 Å². The zero-order valence-electron chi connectivity index (χ0n) is 19.3. The molecule has 204 valence electrons. The second-order valence-electron chi connectivity index (χ2n) is 8.11. The van der Waals surface area contributed by atoms with Crippen molar-refractivity contribution >= 4 is 39.4 Å². The summed E-state index contributed by atoms with van der Waals surface area (Å²) >= 11 is 0.926. The molecule has 37 heavy (non-hydrogen) atoms. The van der Waals surface area contributed by atoms with Crippen LogP contribution in [0.15, 0.2) is 31.6 Å². The predicted octanol–water partition coefficient (Wildman–Crippen LogP) is 1.68. The summed E-state index contributed by atoms with van der Waals surface area (Å²) in [6.45, 7) is -1.83. The lowest BCUT2D eigenvalue weighted by Crippen LogP contribution is -2.49. The number of rotatable bonds is 12. The molecule has 1 saturated carbocycles. The molecule has 2 aromatic heterocycles. The van der Waals surface area contributed by atoms with E-state index in [0.29, 0.717) is 12.8 Å². The number of halogens is 3. The van der Waals surface area contributed by atoms with Crippen molar-refractivity contribution in [3.05, 3.63) is 28.2 Å². The summed E-state index contributed by atoms with van der Waals surface area (Å²) in [5, 5.41) is 12.3. The number of sulfonamides is 1. The van der Waals surface area contributed by atoms with Crippen LogP contribution >= 0.6 is 11.8 Å². The number of pyridine rings is 1. The third-order valence-electron chi connectivity index (χ3n) is 5.53. The number of amides is 2. The first-order chi connectivity index (χ1) is 17.6. The van der Waals surface area contributed by atoms with Crippen molar-refractivity contribution in [1.82, 2.24) is 25.3 Å². The molecule has 1 atom stereocenters. The molecule has 1 aliphatic carbocycles. The van der Waals surface area contributed by atoms with Gasteiger partial charge in [-0.15, -0.1) is 0 Å². The lowest BCUT2D eigenvalue weighted by atomic mass is 9.83. The number of carbonyl (C=O) groups excluding carboxylic acids is 2. The van der Waals surface area contributed by atoms with E-state index in [2.05, 4.69) is 30.6 Å². The third kappa shape index (κ3) is 7.78. The second kappa shape index (κ2) is 13.0. The molecule has 1 fully saturated rings. The van der Waals surface area contributed by atoms with E-state index in [1.165, 1.54) is 0 Å². The van der Waals surface area contributed by atoms with Crippen LogP contribution in [0.1, 0.15) is 42.6 Å². The van der Waals surface area contributed by atoms with E-state index in [1.54, 1.807) is 4.72 Å². The van der Waals surface area contributed by atoms with Gasteiger partial charge in [0.2, 0.25) is 27.1 Å². The van der Waals surface area contributed by atoms with Crippen molar-refractivity contribution in [1.29, 1.82) is 0 Å². The first kappa shape index (κ1) is 28.6. The maximum absolute atomic E-state index is 13.2. The van der Waals surface area contributed by atoms with Crippen LogP contribution in [0.5, 0.6) is 0 Å². The molecule has 0 saturated heterocycles. The van der Waals surface area contributed by atoms with Gasteiger partial charge in [0.1, 0.15) is 16.8 Å². The first-order valence-corrected chi connectivity index (χ1v) is 13.7. The topological polar surface area (TPSA) is 176 Å². The largest absolute Gasteiger partial charge is 0.347 e. The van der Waals surface area contributed by atoms with Crippen LogP contribution in [0.4, 0.5) is 19.0 Å². The van der Waals surface area contributed by atoms with Gasteiger partial charge in [0.25, 0.3) is 12.3 Å². The number of alkyl halides is 3. The minimum Gasteiger partial charge on any atom is -0.347 e. The fourth-order valence-electron chi connectivity index (χ4n) is 3.83. The summed E-state index contributed by atoms with van der Waals surface area (Å²) in [5.74, 6) is -1.83. The molecule has 2 aromatic rings. The Morgan fingerprint density at radius 1 is 1.22 bits per heavy atom. The van der Waals surface area contributed by atoms with Crippen LogP contribution < -0.4 is 20.8 Å². The second-order valence-corrected chi connectivity index (χ2v) is 10.9. The lowest BCUT2D eigenvalue weighted by molar-refractivity contribution is -0.119. The van der Waals surface area contributed by atoms with Gasteiger partial charge in [0.05, 0.1) is 13.2 Å². The standard InChI is InChI=1S/C20H25F3N6O6S2/c21-6-7-36-20-17(28-35-29-20)19(32)27-16(11-4-2-1-3-5-11)18(31)26-15-8-12(30)13(9-24-15)37(33,34)25-10-14(22)23/h8-9,11,14,16,25H,1-7,10H2,(H,27,32)(H2,24,26,30,31)/t16-/m0/s1. The van der Waals surface area contributed by atoms with E-state index in [4.69, 9.17) is 0 Å². The smallest absolute Gasteiger partial charge is 0.277 e. The normalized spacial score (nSPS) is 15.5. The summed E-state index contributed by atoms with van der Waals surface area (Å²) in [6, 6.07) is -0.259. The molecule has 1 aliphatic rings. The quantitative estimate of drug-likeness (QED) is 0.278. The van der Waals surface area contributed by atoms with E-state index in [9.17, 15) is 36.0 Å². The first-order valence-electron chi connectivity index (χ1n) is 11.3. The highest BCUT2D eigenvalue weighted by atomic mass is 32.2. The van der Waals surface area contributed by atoms with Crippen LogP contribution in [0.2, 0.25) is 0 Å². The van der Waals surface area contributed by atoms with Crippen LogP contribution in [0.3, 0.4) is 0 Å². The third-order valence-corrected chi connectivity index (χ3v) is 7.88. The molecule has 0 radical (unpaired) electrons. The molecule has 2 heterocycles. The Labute approximate surface area is 213 Å². The molecule has 3 rings (SSSR count). The predicted molar refractivity (Wildman–Crippen MR) is 126 cm³/mol. The Bertz CT molecular complexity index is 1250. The molecule has 2 amide bonds. The molecular formula is C20H25F3N6O6S2. The Morgan fingerprint density at radius 2 is 1.95 bits per heavy atom. The SMILES string of the molecule is O=C(N[C@H](C(=O)Nc1cc(=O)c(S(=O)(=O)NCC(F)F)c[nH]1)C1CCCCC1)c1nonc1SCCF. The molecular weight excluding hydrogens is 541 g/mol. The van der Waals surface area contributed by atoms with Crippen LogP contribution in [-0.4, -0.2) is 67.0 Å². The fraction of sp³-hybridized carbons (Fsp3) is 0.550. The zero-order chi connectivity index (χ0) is 27.0. The summed E-state index contributed by atoms with van der Waals surface area (Å²) in [7, 11) is -4.51. The number of aromatic nitrogens is 3. The summed E-state index contributed by atoms with van der Waals surface area (Å²) < 4.78 is 67.6. The molecule has 12 nitrogen and oxygen atoms in total. The van der Waals surface area contributed by atoms with Gasteiger partial charge in [-0.05, 0) is 29.1 Å². The van der Waals surface area contributed by atoms with Crippen molar-refractivity contribution < 1.29 is 35.8 Å². The van der Waals surface area contributed by atoms with Gasteiger partial charge in [0.15, 0.2) is 5.03 Å². The molecule has 0 bridgehead atoms. The van der Waals surface area contributed by atoms with Crippen LogP contribution in [0.25, 0.3) is 0 Å². The van der Waals surface area contributed by atoms with E-state index in [-0.39, 0.29) is 28.2 Å². The minimum absolute atomic E-state index is 0.0256.